The predicted octanol–water partition coefficient (Wildman–Crippen LogP) is 2.00. The fraction of sp³-hybridized carbons (Fsp3) is 0.278. The summed E-state index contributed by atoms with van der Waals surface area (Å²) in [6, 6.07) is 6.35. The van der Waals surface area contributed by atoms with Gasteiger partial charge in [0.15, 0.2) is 0 Å². The maximum Gasteiger partial charge on any atom is 0.321 e. The fourth-order valence-electron chi connectivity index (χ4n) is 3.31. The molecule has 4 rings (SSSR count). The first-order valence-corrected chi connectivity index (χ1v) is 11.4. The number of primary sulfonamides is 1. The Hall–Kier alpha value is -2.76. The molecule has 11 heteroatoms. The van der Waals surface area contributed by atoms with Crippen LogP contribution in [0.3, 0.4) is 0 Å². The van der Waals surface area contributed by atoms with Crippen LogP contribution in [-0.4, -0.2) is 55.5 Å². The monoisotopic (exact) mass is 432 g/mol. The molecule has 0 atom stereocenters. The molecule has 2 aromatic heterocycles. The van der Waals surface area contributed by atoms with Gasteiger partial charge in [-0.05, 0) is 36.1 Å². The summed E-state index contributed by atoms with van der Waals surface area (Å²) in [6.07, 6.45) is 1.56. The number of carbonyl (C=O) groups excluding carboxylic acids is 1. The van der Waals surface area contributed by atoms with Gasteiger partial charge in [-0.3, -0.25) is 0 Å². The normalized spacial score (nSPS) is 15.0. The highest BCUT2D eigenvalue weighted by Crippen LogP contribution is 2.28. The van der Waals surface area contributed by atoms with Crippen LogP contribution in [0.15, 0.2) is 40.9 Å². The van der Waals surface area contributed by atoms with Crippen LogP contribution in [0.4, 0.5) is 16.3 Å². The molecule has 3 N–H and O–H groups in total. The molecule has 0 saturated carbocycles. The molecule has 0 spiro atoms. The van der Waals surface area contributed by atoms with Crippen LogP contribution in [0, 0.1) is 6.92 Å². The number of nitrogens with two attached hydrogens (primary N) is 1. The molecule has 0 bridgehead atoms. The quantitative estimate of drug-likeness (QED) is 0.653. The van der Waals surface area contributed by atoms with Crippen molar-refractivity contribution in [1.82, 2.24) is 14.9 Å². The molecule has 1 aliphatic heterocycles. The summed E-state index contributed by atoms with van der Waals surface area (Å²) in [5.74, 6) is 0.890. The number of nitrogens with zero attached hydrogens (tertiary/aromatic N) is 4. The molecule has 1 aromatic carbocycles. The standard InChI is InChI=1S/C18H20N6O3S2/c1-12-2-3-13(10-15(12)29(19,26)27)22-18(25)24-7-5-23(6-8-24)17-16-14(4-9-28-16)20-11-21-17/h2-4,9-11H,5-8H2,1H3,(H,22,25)(H2,19,26,27). The molecule has 3 aromatic rings. The lowest BCUT2D eigenvalue weighted by Crippen LogP contribution is -2.50. The van der Waals surface area contributed by atoms with Gasteiger partial charge in [0.25, 0.3) is 0 Å². The number of hydrogen-bond acceptors (Lipinski definition) is 7. The summed E-state index contributed by atoms with van der Waals surface area (Å²) in [5.41, 5.74) is 1.84. The molecule has 0 radical (unpaired) electrons. The maximum atomic E-state index is 12.6. The smallest absolute Gasteiger partial charge is 0.321 e. The summed E-state index contributed by atoms with van der Waals surface area (Å²) >= 11 is 1.60. The average Bonchev–Trinajstić information content (AvgIpc) is 3.17. The number of aromatic nitrogens is 2. The Morgan fingerprint density at radius 2 is 1.93 bits per heavy atom. The Kier molecular flexibility index (Phi) is 5.11. The number of anilines is 2. The van der Waals surface area contributed by atoms with E-state index in [9.17, 15) is 13.2 Å². The van der Waals surface area contributed by atoms with Crippen LogP contribution in [0.1, 0.15) is 5.56 Å². The number of amides is 2. The summed E-state index contributed by atoms with van der Waals surface area (Å²) in [6.45, 7) is 4.00. The molecular weight excluding hydrogens is 412 g/mol. The highest BCUT2D eigenvalue weighted by Gasteiger charge is 2.24. The van der Waals surface area contributed by atoms with E-state index in [2.05, 4.69) is 20.2 Å². The second-order valence-electron chi connectivity index (χ2n) is 6.76. The van der Waals surface area contributed by atoms with Crippen LogP contribution in [-0.2, 0) is 10.0 Å². The van der Waals surface area contributed by atoms with Crippen LogP contribution in [0.2, 0.25) is 0 Å². The van der Waals surface area contributed by atoms with Gasteiger partial charge in [-0.15, -0.1) is 11.3 Å². The minimum atomic E-state index is -3.85. The van der Waals surface area contributed by atoms with E-state index in [1.165, 1.54) is 6.07 Å². The molecule has 29 heavy (non-hydrogen) atoms. The molecule has 2 amide bonds. The Morgan fingerprint density at radius 1 is 1.17 bits per heavy atom. The zero-order chi connectivity index (χ0) is 20.6. The van der Waals surface area contributed by atoms with Crippen molar-refractivity contribution in [2.24, 2.45) is 5.14 Å². The van der Waals surface area contributed by atoms with E-state index in [0.717, 1.165) is 16.0 Å². The number of thiophene rings is 1. The van der Waals surface area contributed by atoms with Gasteiger partial charge in [-0.25, -0.2) is 28.3 Å². The molecule has 1 saturated heterocycles. The van der Waals surface area contributed by atoms with E-state index in [1.54, 1.807) is 41.6 Å². The first-order chi connectivity index (χ1) is 13.8. The summed E-state index contributed by atoms with van der Waals surface area (Å²) in [4.78, 5) is 25.1. The number of sulfonamides is 1. The van der Waals surface area contributed by atoms with Crippen LogP contribution in [0.25, 0.3) is 10.2 Å². The Morgan fingerprint density at radius 3 is 2.66 bits per heavy atom. The number of nitrogens with one attached hydrogen (secondary N) is 1. The highest BCUT2D eigenvalue weighted by atomic mass is 32.2. The predicted molar refractivity (Wildman–Crippen MR) is 113 cm³/mol. The van der Waals surface area contributed by atoms with Gasteiger partial charge in [0, 0.05) is 31.9 Å². The lowest BCUT2D eigenvalue weighted by atomic mass is 10.2. The van der Waals surface area contributed by atoms with E-state index in [1.807, 2.05) is 11.4 Å². The van der Waals surface area contributed by atoms with Gasteiger partial charge >= 0.3 is 6.03 Å². The van der Waals surface area contributed by atoms with Crippen molar-refractivity contribution in [1.29, 1.82) is 0 Å². The SMILES string of the molecule is Cc1ccc(NC(=O)N2CCN(c3ncnc4ccsc34)CC2)cc1S(N)(=O)=O. The molecule has 3 heterocycles. The molecule has 0 unspecified atom stereocenters. The molecule has 1 fully saturated rings. The third kappa shape index (κ3) is 4.02. The topological polar surface area (TPSA) is 122 Å². The molecule has 1 aliphatic rings. The Labute approximate surface area is 172 Å². The van der Waals surface area contributed by atoms with E-state index < -0.39 is 10.0 Å². The number of rotatable bonds is 3. The van der Waals surface area contributed by atoms with Crippen LogP contribution >= 0.6 is 11.3 Å². The maximum absolute atomic E-state index is 12.6. The minimum absolute atomic E-state index is 0.00356. The van der Waals surface area contributed by atoms with E-state index in [0.29, 0.717) is 37.4 Å². The van der Waals surface area contributed by atoms with Gasteiger partial charge in [0.1, 0.15) is 12.1 Å². The molecule has 152 valence electrons. The van der Waals surface area contributed by atoms with Crippen molar-refractivity contribution in [3.05, 3.63) is 41.5 Å². The number of carbonyl (C=O) groups is 1. The van der Waals surface area contributed by atoms with Crippen LogP contribution < -0.4 is 15.4 Å². The number of aryl methyl sites for hydroxylation is 1. The Balaban J connectivity index is 1.43. The lowest BCUT2D eigenvalue weighted by Gasteiger charge is -2.35. The van der Waals surface area contributed by atoms with Crippen LogP contribution in [0.5, 0.6) is 0 Å². The van der Waals surface area contributed by atoms with Crippen molar-refractivity contribution in [3.63, 3.8) is 0 Å². The number of benzene rings is 1. The first-order valence-electron chi connectivity index (χ1n) is 8.95. The zero-order valence-corrected chi connectivity index (χ0v) is 17.3. The molecular formula is C18H20N6O3S2. The van der Waals surface area contributed by atoms with Gasteiger partial charge < -0.3 is 15.1 Å². The third-order valence-electron chi connectivity index (χ3n) is 4.84. The van der Waals surface area contributed by atoms with Crippen molar-refractivity contribution in [2.75, 3.05) is 36.4 Å². The Bertz CT molecular complexity index is 1170. The average molecular weight is 433 g/mol. The van der Waals surface area contributed by atoms with Gasteiger partial charge in [0.2, 0.25) is 10.0 Å². The second-order valence-corrected chi connectivity index (χ2v) is 9.21. The zero-order valence-electron chi connectivity index (χ0n) is 15.7. The van der Waals surface area contributed by atoms with Crippen molar-refractivity contribution >= 4 is 49.1 Å². The van der Waals surface area contributed by atoms with E-state index in [-0.39, 0.29) is 10.9 Å². The fourth-order valence-corrected chi connectivity index (χ4v) is 4.98. The van der Waals surface area contributed by atoms with E-state index in [4.69, 9.17) is 5.14 Å². The van der Waals surface area contributed by atoms with Crippen molar-refractivity contribution < 1.29 is 13.2 Å². The molecule has 9 nitrogen and oxygen atoms in total. The molecule has 0 aliphatic carbocycles. The number of hydrogen-bond donors (Lipinski definition) is 2. The number of urea groups is 1. The van der Waals surface area contributed by atoms with Crippen molar-refractivity contribution in [3.8, 4) is 0 Å². The van der Waals surface area contributed by atoms with Gasteiger partial charge in [-0.2, -0.15) is 0 Å². The third-order valence-corrected chi connectivity index (χ3v) is 6.79. The van der Waals surface area contributed by atoms with E-state index >= 15 is 0 Å². The van der Waals surface area contributed by atoms with Gasteiger partial charge in [-0.1, -0.05) is 6.07 Å². The summed E-state index contributed by atoms with van der Waals surface area (Å²) in [7, 11) is -3.85. The minimum Gasteiger partial charge on any atom is -0.352 e. The largest absolute Gasteiger partial charge is 0.352 e. The number of piperazine rings is 1. The number of fused-ring (bicyclic) bond motifs is 1. The second kappa shape index (κ2) is 7.58. The highest BCUT2D eigenvalue weighted by molar-refractivity contribution is 7.89. The summed E-state index contributed by atoms with van der Waals surface area (Å²) < 4.78 is 24.4. The first kappa shape index (κ1) is 19.6. The van der Waals surface area contributed by atoms with Crippen molar-refractivity contribution in [2.45, 2.75) is 11.8 Å². The van der Waals surface area contributed by atoms with Gasteiger partial charge in [0.05, 0.1) is 15.1 Å². The lowest BCUT2D eigenvalue weighted by molar-refractivity contribution is 0.208. The summed E-state index contributed by atoms with van der Waals surface area (Å²) in [5, 5.41) is 9.98.